The number of benzene rings is 1. The number of aldehydes is 1. The number of aromatic nitrogens is 2. The summed E-state index contributed by atoms with van der Waals surface area (Å²) in [6, 6.07) is 5.94. The number of imidazole rings is 1. The molecule has 0 saturated heterocycles. The highest BCUT2D eigenvalue weighted by Crippen LogP contribution is 2.30. The molecule has 0 spiro atoms. The van der Waals surface area contributed by atoms with E-state index in [0.29, 0.717) is 11.4 Å². The van der Waals surface area contributed by atoms with Gasteiger partial charge in [-0.1, -0.05) is 0 Å². The number of carbonyl (C=O) groups excluding carboxylic acids is 1. The Bertz CT molecular complexity index is 560. The smallest absolute Gasteiger partial charge is 0.168 e. The average molecular weight is 228 g/mol. The first-order valence-electron chi connectivity index (χ1n) is 5.63. The van der Waals surface area contributed by atoms with Crippen LogP contribution in [0.3, 0.4) is 0 Å². The first-order valence-corrected chi connectivity index (χ1v) is 5.63. The fraction of sp³-hybridized carbons (Fsp3) is 0.231. The van der Waals surface area contributed by atoms with Crippen molar-refractivity contribution in [1.29, 1.82) is 0 Å². The van der Waals surface area contributed by atoms with Gasteiger partial charge in [0.05, 0.1) is 18.6 Å². The van der Waals surface area contributed by atoms with Crippen molar-refractivity contribution in [2.24, 2.45) is 0 Å². The average Bonchev–Trinajstić information content (AvgIpc) is 2.86. The van der Waals surface area contributed by atoms with Gasteiger partial charge in [0.25, 0.3) is 0 Å². The van der Waals surface area contributed by atoms with Gasteiger partial charge < -0.3 is 9.72 Å². The van der Waals surface area contributed by atoms with E-state index >= 15 is 0 Å². The minimum atomic E-state index is 0.515. The minimum Gasteiger partial charge on any atom is -0.493 e. The van der Waals surface area contributed by atoms with E-state index in [-0.39, 0.29) is 0 Å². The topological polar surface area (TPSA) is 55.0 Å². The Morgan fingerprint density at radius 2 is 2.35 bits per heavy atom. The number of hydrogen-bond donors (Lipinski definition) is 1. The SMILES string of the molecule is O=Cc1[nH]cnc1-c1ccc2c(c1)CCCO2. The zero-order valence-corrected chi connectivity index (χ0v) is 9.27. The van der Waals surface area contributed by atoms with Gasteiger partial charge in [0, 0.05) is 5.56 Å². The van der Waals surface area contributed by atoms with Gasteiger partial charge >= 0.3 is 0 Å². The van der Waals surface area contributed by atoms with Crippen LogP contribution in [0.4, 0.5) is 0 Å². The molecule has 1 N–H and O–H groups in total. The number of aryl methyl sites for hydroxylation is 1. The van der Waals surface area contributed by atoms with Crippen LogP contribution < -0.4 is 4.74 Å². The van der Waals surface area contributed by atoms with Gasteiger partial charge in [-0.2, -0.15) is 0 Å². The Kier molecular flexibility index (Phi) is 2.40. The molecular formula is C13H12N2O2. The molecule has 1 aliphatic rings. The first kappa shape index (κ1) is 10.1. The predicted octanol–water partition coefficient (Wildman–Crippen LogP) is 2.21. The van der Waals surface area contributed by atoms with Gasteiger partial charge in [0.1, 0.15) is 11.4 Å². The molecule has 1 aromatic heterocycles. The molecule has 0 unspecified atom stereocenters. The van der Waals surface area contributed by atoms with Gasteiger partial charge in [0.15, 0.2) is 6.29 Å². The largest absolute Gasteiger partial charge is 0.493 e. The highest BCUT2D eigenvalue weighted by atomic mass is 16.5. The quantitative estimate of drug-likeness (QED) is 0.802. The number of carbonyl (C=O) groups is 1. The Morgan fingerprint density at radius 3 is 3.24 bits per heavy atom. The van der Waals surface area contributed by atoms with E-state index in [1.54, 1.807) is 0 Å². The summed E-state index contributed by atoms with van der Waals surface area (Å²) in [5, 5.41) is 0. The summed E-state index contributed by atoms with van der Waals surface area (Å²) in [5.74, 6) is 0.947. The van der Waals surface area contributed by atoms with Crippen molar-refractivity contribution in [1.82, 2.24) is 9.97 Å². The van der Waals surface area contributed by atoms with Crippen LogP contribution in [-0.2, 0) is 6.42 Å². The summed E-state index contributed by atoms with van der Waals surface area (Å²) in [6.07, 6.45) is 4.38. The fourth-order valence-electron chi connectivity index (χ4n) is 2.13. The second-order valence-electron chi connectivity index (χ2n) is 4.06. The first-order chi connectivity index (χ1) is 8.38. The summed E-state index contributed by atoms with van der Waals surface area (Å²) in [5.41, 5.74) is 3.36. The molecule has 2 aromatic rings. The van der Waals surface area contributed by atoms with Crippen LogP contribution in [0.15, 0.2) is 24.5 Å². The van der Waals surface area contributed by atoms with Crippen LogP contribution in [0.25, 0.3) is 11.3 Å². The Morgan fingerprint density at radius 1 is 1.41 bits per heavy atom. The lowest BCUT2D eigenvalue weighted by Crippen LogP contribution is -2.08. The second-order valence-corrected chi connectivity index (χ2v) is 4.06. The van der Waals surface area contributed by atoms with Crippen LogP contribution in [-0.4, -0.2) is 22.9 Å². The van der Waals surface area contributed by atoms with E-state index in [1.165, 1.54) is 11.9 Å². The van der Waals surface area contributed by atoms with Gasteiger partial charge in [-0.25, -0.2) is 4.98 Å². The van der Waals surface area contributed by atoms with Crippen LogP contribution in [0.1, 0.15) is 22.5 Å². The van der Waals surface area contributed by atoms with Crippen molar-refractivity contribution < 1.29 is 9.53 Å². The summed E-state index contributed by atoms with van der Waals surface area (Å²) in [7, 11) is 0. The van der Waals surface area contributed by atoms with E-state index in [4.69, 9.17) is 4.74 Å². The number of rotatable bonds is 2. The lowest BCUT2D eigenvalue weighted by molar-refractivity contribution is 0.112. The highest BCUT2D eigenvalue weighted by molar-refractivity contribution is 5.83. The molecular weight excluding hydrogens is 216 g/mol. The van der Waals surface area contributed by atoms with Crippen molar-refractivity contribution in [3.05, 3.63) is 35.8 Å². The summed E-state index contributed by atoms with van der Waals surface area (Å²) in [4.78, 5) is 17.9. The lowest BCUT2D eigenvalue weighted by atomic mass is 10.0. The van der Waals surface area contributed by atoms with Gasteiger partial charge in [0.2, 0.25) is 0 Å². The number of H-pyrrole nitrogens is 1. The van der Waals surface area contributed by atoms with Crippen molar-refractivity contribution in [2.45, 2.75) is 12.8 Å². The molecule has 2 heterocycles. The highest BCUT2D eigenvalue weighted by Gasteiger charge is 2.13. The van der Waals surface area contributed by atoms with Crippen LogP contribution in [0.5, 0.6) is 5.75 Å². The molecule has 3 rings (SSSR count). The number of fused-ring (bicyclic) bond motifs is 1. The lowest BCUT2D eigenvalue weighted by Gasteiger charge is -2.17. The summed E-state index contributed by atoms with van der Waals surface area (Å²) in [6.45, 7) is 0.786. The molecule has 1 aliphatic heterocycles. The van der Waals surface area contributed by atoms with E-state index in [9.17, 15) is 4.79 Å². The molecule has 0 fully saturated rings. The number of ether oxygens (including phenoxy) is 1. The van der Waals surface area contributed by atoms with E-state index in [0.717, 1.165) is 37.0 Å². The molecule has 17 heavy (non-hydrogen) atoms. The number of nitrogens with one attached hydrogen (secondary N) is 1. The molecule has 0 saturated carbocycles. The minimum absolute atomic E-state index is 0.515. The van der Waals surface area contributed by atoms with Crippen molar-refractivity contribution >= 4 is 6.29 Å². The molecule has 86 valence electrons. The fourth-order valence-corrected chi connectivity index (χ4v) is 2.13. The zero-order chi connectivity index (χ0) is 11.7. The normalized spacial score (nSPS) is 13.9. The monoisotopic (exact) mass is 228 g/mol. The molecule has 0 amide bonds. The van der Waals surface area contributed by atoms with Crippen LogP contribution in [0.2, 0.25) is 0 Å². The van der Waals surface area contributed by atoms with Crippen molar-refractivity contribution in [3.63, 3.8) is 0 Å². The standard InChI is InChI=1S/C13H12N2O2/c16-7-11-13(15-8-14-11)10-3-4-12-9(6-10)2-1-5-17-12/h3-4,6-8H,1-2,5H2,(H,14,15). The molecule has 0 atom stereocenters. The molecule has 4 nitrogen and oxygen atoms in total. The third-order valence-electron chi connectivity index (χ3n) is 2.97. The number of nitrogens with zero attached hydrogens (tertiary/aromatic N) is 1. The molecule has 0 bridgehead atoms. The molecule has 0 aliphatic carbocycles. The number of aromatic amines is 1. The molecule has 4 heteroatoms. The Hall–Kier alpha value is -2.10. The maximum atomic E-state index is 10.9. The molecule has 1 aromatic carbocycles. The van der Waals surface area contributed by atoms with Crippen LogP contribution in [0, 0.1) is 0 Å². The number of hydrogen-bond acceptors (Lipinski definition) is 3. The third kappa shape index (κ3) is 1.71. The summed E-state index contributed by atoms with van der Waals surface area (Å²) >= 11 is 0. The zero-order valence-electron chi connectivity index (χ0n) is 9.27. The van der Waals surface area contributed by atoms with E-state index in [1.807, 2.05) is 12.1 Å². The van der Waals surface area contributed by atoms with Gasteiger partial charge in [-0.05, 0) is 36.6 Å². The van der Waals surface area contributed by atoms with Crippen molar-refractivity contribution in [3.8, 4) is 17.0 Å². The van der Waals surface area contributed by atoms with Crippen molar-refractivity contribution in [2.75, 3.05) is 6.61 Å². The maximum Gasteiger partial charge on any atom is 0.168 e. The summed E-state index contributed by atoms with van der Waals surface area (Å²) < 4.78 is 5.55. The van der Waals surface area contributed by atoms with E-state index in [2.05, 4.69) is 16.0 Å². The second kappa shape index (κ2) is 4.05. The molecule has 0 radical (unpaired) electrons. The Labute approximate surface area is 98.6 Å². The Balaban J connectivity index is 2.07. The predicted molar refractivity (Wildman–Crippen MR) is 63.2 cm³/mol. The third-order valence-corrected chi connectivity index (χ3v) is 2.97. The van der Waals surface area contributed by atoms with E-state index < -0.39 is 0 Å². The van der Waals surface area contributed by atoms with Crippen LogP contribution >= 0.6 is 0 Å². The maximum absolute atomic E-state index is 10.9. The van der Waals surface area contributed by atoms with Gasteiger partial charge in [-0.3, -0.25) is 4.79 Å². The van der Waals surface area contributed by atoms with Gasteiger partial charge in [-0.15, -0.1) is 0 Å².